The predicted octanol–water partition coefficient (Wildman–Crippen LogP) is -11.1. The maximum Gasteiger partial charge on any atom is 0.187 e. The minimum Gasteiger partial charge on any atom is -0.394 e. The average molecular weight is 777 g/mol. The van der Waals surface area contributed by atoms with Gasteiger partial charge in [0.2, 0.25) is 0 Å². The van der Waals surface area contributed by atoms with Crippen LogP contribution in [0.1, 0.15) is 6.42 Å². The normalized spacial score (nSPS) is 53.9. The lowest BCUT2D eigenvalue weighted by Gasteiger charge is -2.47. The molecule has 24 heteroatoms. The zero-order valence-corrected chi connectivity index (χ0v) is 28.6. The minimum atomic E-state index is -1.80. The van der Waals surface area contributed by atoms with Gasteiger partial charge in [0, 0.05) is 25.2 Å². The van der Waals surface area contributed by atoms with E-state index in [-0.39, 0.29) is 19.5 Å². The van der Waals surface area contributed by atoms with Gasteiger partial charge < -0.3 is 123 Å². The molecule has 0 radical (unpaired) electrons. The molecule has 0 spiro atoms. The first kappa shape index (κ1) is 43.2. The number of hydrogen-bond acceptors (Lipinski definition) is 24. The van der Waals surface area contributed by atoms with Gasteiger partial charge in [0.15, 0.2) is 25.2 Å². The van der Waals surface area contributed by atoms with E-state index in [9.17, 15) is 51.1 Å². The number of nitrogens with two attached hydrogens (primary N) is 6. The molecule has 4 heterocycles. The van der Waals surface area contributed by atoms with Crippen LogP contribution in [-0.4, -0.2) is 224 Å². The lowest BCUT2D eigenvalue weighted by Crippen LogP contribution is -2.68. The van der Waals surface area contributed by atoms with E-state index < -0.39 is 160 Å². The Bertz CT molecular complexity index is 1160. The van der Waals surface area contributed by atoms with Crippen molar-refractivity contribution in [3.8, 4) is 0 Å². The van der Waals surface area contributed by atoms with Crippen molar-refractivity contribution in [2.24, 2.45) is 34.4 Å². The van der Waals surface area contributed by atoms with E-state index >= 15 is 0 Å². The zero-order valence-electron chi connectivity index (χ0n) is 28.6. The summed E-state index contributed by atoms with van der Waals surface area (Å²) >= 11 is 0. The first-order valence-electron chi connectivity index (χ1n) is 17.4. The first-order chi connectivity index (χ1) is 25.0. The van der Waals surface area contributed by atoms with Gasteiger partial charge >= 0.3 is 0 Å². The van der Waals surface area contributed by atoms with Gasteiger partial charge in [-0.3, -0.25) is 0 Å². The van der Waals surface area contributed by atoms with E-state index in [4.69, 9.17) is 72.3 Å². The zero-order chi connectivity index (χ0) is 39.0. The largest absolute Gasteiger partial charge is 0.394 e. The molecular formula is C29H56N6O18. The number of aliphatic hydroxyl groups is 10. The van der Waals surface area contributed by atoms with Crippen LogP contribution < -0.4 is 34.4 Å². The Hall–Kier alpha value is -0.960. The Labute approximate surface area is 303 Å². The van der Waals surface area contributed by atoms with Crippen molar-refractivity contribution in [2.75, 3.05) is 26.3 Å². The van der Waals surface area contributed by atoms with Gasteiger partial charge in [-0.2, -0.15) is 0 Å². The summed E-state index contributed by atoms with van der Waals surface area (Å²) in [5.41, 5.74) is 36.1. The molecule has 4 aliphatic heterocycles. The van der Waals surface area contributed by atoms with E-state index in [1.165, 1.54) is 0 Å². The molecule has 310 valence electrons. The summed E-state index contributed by atoms with van der Waals surface area (Å²) in [4.78, 5) is 0. The standard InChI is InChI=1S/C29H56N6O18/c30-2-8-15(38)18(41)12(34)26(47-8)51-23-7(33)1-6(32)14(37)25(23)53-29-22(45)24(52-27-13(35)19(42)16(39)9(3-31)48-27)11(50-29)5-46-28-21(44)20(43)17(40)10(4-36)49-28/h6-29,36-45H,1-5,30-35H2/t6-,7?,8?,9+,10?,11-,12?,13?,14?,15-,16-,17-,18-,19?,20+,21?,22?,23-,24+,25-,26-,27-,28-,29+/m1/s1. The van der Waals surface area contributed by atoms with Crippen LogP contribution in [0.25, 0.3) is 0 Å². The summed E-state index contributed by atoms with van der Waals surface area (Å²) in [5, 5.41) is 105. The van der Waals surface area contributed by atoms with Crippen LogP contribution in [0.2, 0.25) is 0 Å². The molecule has 5 aliphatic rings. The summed E-state index contributed by atoms with van der Waals surface area (Å²) in [6.45, 7) is -1.78. The van der Waals surface area contributed by atoms with Crippen molar-refractivity contribution in [3.05, 3.63) is 0 Å². The van der Waals surface area contributed by atoms with Crippen molar-refractivity contribution in [3.63, 3.8) is 0 Å². The Morgan fingerprint density at radius 3 is 1.45 bits per heavy atom. The smallest absolute Gasteiger partial charge is 0.187 e. The summed E-state index contributed by atoms with van der Waals surface area (Å²) in [7, 11) is 0. The highest BCUT2D eigenvalue weighted by molar-refractivity contribution is 5.02. The van der Waals surface area contributed by atoms with Crippen molar-refractivity contribution in [2.45, 2.75) is 153 Å². The number of hydrogen-bond donors (Lipinski definition) is 16. The van der Waals surface area contributed by atoms with Crippen molar-refractivity contribution in [1.82, 2.24) is 0 Å². The monoisotopic (exact) mass is 776 g/mol. The van der Waals surface area contributed by atoms with Crippen LogP contribution in [0, 0.1) is 0 Å². The second-order valence-corrected chi connectivity index (χ2v) is 14.1. The van der Waals surface area contributed by atoms with Crippen molar-refractivity contribution in [1.29, 1.82) is 0 Å². The summed E-state index contributed by atoms with van der Waals surface area (Å²) in [5.74, 6) is 0. The Kier molecular flexibility index (Phi) is 14.7. The molecule has 1 aliphatic carbocycles. The SMILES string of the molecule is NCC1O[C@H](O[C@@H]2C(N)C[C@@H](N)C(O)[C@H]2O[C@@H]2O[C@H](CO[C@@H]3OC(CO)[C@@H](O)[C@H](O)C3O)[C@H](O[C@H]3O[C@@H](CN)[C@@H](O)C(O)C3N)C2O)C(N)[C@@H](O)[C@@H]1O. The van der Waals surface area contributed by atoms with Crippen LogP contribution in [0.15, 0.2) is 0 Å². The van der Waals surface area contributed by atoms with Crippen LogP contribution in [0.5, 0.6) is 0 Å². The van der Waals surface area contributed by atoms with E-state index in [0.717, 1.165) is 0 Å². The molecule has 5 fully saturated rings. The number of rotatable bonds is 12. The quantitative estimate of drug-likeness (QED) is 0.0874. The Morgan fingerprint density at radius 1 is 0.453 bits per heavy atom. The maximum atomic E-state index is 11.6. The third kappa shape index (κ3) is 8.81. The topological polar surface area (TPSA) is 432 Å². The van der Waals surface area contributed by atoms with Gasteiger partial charge in [-0.05, 0) is 6.42 Å². The van der Waals surface area contributed by atoms with Gasteiger partial charge in [0.05, 0.1) is 31.4 Å². The highest BCUT2D eigenvalue weighted by Crippen LogP contribution is 2.35. The molecule has 22 N–H and O–H groups in total. The first-order valence-corrected chi connectivity index (χ1v) is 17.4. The van der Waals surface area contributed by atoms with Gasteiger partial charge in [-0.1, -0.05) is 0 Å². The molecular weight excluding hydrogens is 720 g/mol. The van der Waals surface area contributed by atoms with Crippen molar-refractivity contribution >= 4 is 0 Å². The predicted molar refractivity (Wildman–Crippen MR) is 171 cm³/mol. The third-order valence-corrected chi connectivity index (χ3v) is 10.5. The van der Waals surface area contributed by atoms with Gasteiger partial charge in [0.1, 0.15) is 91.6 Å². The minimum absolute atomic E-state index is 0.0158. The second-order valence-electron chi connectivity index (χ2n) is 14.1. The molecule has 5 rings (SSSR count). The molecule has 1 saturated carbocycles. The molecule has 4 saturated heterocycles. The lowest BCUT2D eigenvalue weighted by molar-refractivity contribution is -0.315. The molecule has 9 unspecified atom stereocenters. The van der Waals surface area contributed by atoms with Crippen molar-refractivity contribution < 1.29 is 89.0 Å². The maximum absolute atomic E-state index is 11.6. The van der Waals surface area contributed by atoms with E-state index in [0.29, 0.717) is 0 Å². The third-order valence-electron chi connectivity index (χ3n) is 10.5. The second kappa shape index (κ2) is 18.1. The molecule has 0 aromatic heterocycles. The summed E-state index contributed by atoms with van der Waals surface area (Å²) in [6, 6.07) is -4.58. The van der Waals surface area contributed by atoms with Crippen LogP contribution >= 0.6 is 0 Å². The van der Waals surface area contributed by atoms with E-state index in [1.54, 1.807) is 0 Å². The van der Waals surface area contributed by atoms with E-state index in [2.05, 4.69) is 0 Å². The molecule has 0 bridgehead atoms. The van der Waals surface area contributed by atoms with Gasteiger partial charge in [-0.15, -0.1) is 0 Å². The van der Waals surface area contributed by atoms with E-state index in [1.807, 2.05) is 0 Å². The highest BCUT2D eigenvalue weighted by atomic mass is 16.8. The van der Waals surface area contributed by atoms with Gasteiger partial charge in [0.25, 0.3) is 0 Å². The summed E-state index contributed by atoms with van der Waals surface area (Å²) in [6.07, 6.45) is -29.8. The molecule has 0 amide bonds. The van der Waals surface area contributed by atoms with Crippen LogP contribution in [0.3, 0.4) is 0 Å². The summed E-state index contributed by atoms with van der Waals surface area (Å²) < 4.78 is 46.6. The van der Waals surface area contributed by atoms with Crippen LogP contribution in [0.4, 0.5) is 0 Å². The fourth-order valence-electron chi connectivity index (χ4n) is 7.12. The molecule has 24 nitrogen and oxygen atoms in total. The fraction of sp³-hybridized carbons (Fsp3) is 1.00. The molecule has 0 aromatic carbocycles. The molecule has 53 heavy (non-hydrogen) atoms. The average Bonchev–Trinajstić information content (AvgIpc) is 3.43. The molecule has 24 atom stereocenters. The van der Waals surface area contributed by atoms with Gasteiger partial charge in [-0.25, -0.2) is 0 Å². The van der Waals surface area contributed by atoms with Crippen LogP contribution in [-0.2, 0) is 37.9 Å². The number of ether oxygens (including phenoxy) is 8. The highest BCUT2D eigenvalue weighted by Gasteiger charge is 2.55. The Balaban J connectivity index is 1.37. The molecule has 0 aromatic rings. The Morgan fingerprint density at radius 2 is 0.925 bits per heavy atom. The fourth-order valence-corrected chi connectivity index (χ4v) is 7.12. The lowest BCUT2D eigenvalue weighted by atomic mass is 9.84. The number of aliphatic hydroxyl groups excluding tert-OH is 10.